The second kappa shape index (κ2) is 7.36. The first-order valence-electron chi connectivity index (χ1n) is 6.57. The molecule has 0 radical (unpaired) electrons. The number of likely N-dealkylation sites (N-methyl/N-ethyl adjacent to an activating group) is 1. The molecule has 18 heavy (non-hydrogen) atoms. The second-order valence-corrected chi connectivity index (χ2v) is 5.18. The van der Waals surface area contributed by atoms with E-state index in [1.54, 1.807) is 11.9 Å². The van der Waals surface area contributed by atoms with Crippen LogP contribution in [-0.4, -0.2) is 50.1 Å². The largest absolute Gasteiger partial charge is 0.468 e. The summed E-state index contributed by atoms with van der Waals surface area (Å²) in [4.78, 5) is 24.5. The third-order valence-corrected chi connectivity index (χ3v) is 3.50. The number of carbonyl (C=O) groups is 2. The minimum absolute atomic E-state index is 0.0137. The normalized spacial score (nSPS) is 23.8. The van der Waals surface area contributed by atoms with E-state index in [0.29, 0.717) is 5.92 Å². The Labute approximate surface area is 109 Å². The van der Waals surface area contributed by atoms with Gasteiger partial charge in [0.15, 0.2) is 0 Å². The van der Waals surface area contributed by atoms with E-state index in [0.717, 1.165) is 6.42 Å². The summed E-state index contributed by atoms with van der Waals surface area (Å²) in [7, 11) is 3.08. The van der Waals surface area contributed by atoms with Gasteiger partial charge >= 0.3 is 5.97 Å². The van der Waals surface area contributed by atoms with E-state index in [1.807, 2.05) is 0 Å². The number of carbonyl (C=O) groups excluding carboxylic acids is 2. The Kier molecular flexibility index (Phi) is 6.12. The minimum Gasteiger partial charge on any atom is -0.468 e. The van der Waals surface area contributed by atoms with Crippen LogP contribution in [-0.2, 0) is 14.3 Å². The van der Waals surface area contributed by atoms with Crippen LogP contribution in [0.15, 0.2) is 0 Å². The molecule has 0 bridgehead atoms. The van der Waals surface area contributed by atoms with Gasteiger partial charge in [0.1, 0.15) is 0 Å². The molecule has 2 unspecified atom stereocenters. The molecule has 104 valence electrons. The summed E-state index contributed by atoms with van der Waals surface area (Å²) < 4.78 is 4.56. The van der Waals surface area contributed by atoms with Gasteiger partial charge in [-0.3, -0.25) is 14.5 Å². The van der Waals surface area contributed by atoms with Crippen LogP contribution in [0.3, 0.4) is 0 Å². The van der Waals surface area contributed by atoms with E-state index in [1.165, 1.54) is 26.4 Å². The first-order chi connectivity index (χ1) is 8.52. The lowest BCUT2D eigenvalue weighted by molar-refractivity contribution is -0.141. The van der Waals surface area contributed by atoms with Crippen LogP contribution < -0.4 is 5.32 Å². The summed E-state index contributed by atoms with van der Waals surface area (Å²) in [5.41, 5.74) is 0. The molecule has 1 rings (SSSR count). The number of esters is 1. The molecule has 0 saturated heterocycles. The van der Waals surface area contributed by atoms with E-state index in [-0.39, 0.29) is 31.0 Å². The molecule has 1 aliphatic rings. The Morgan fingerprint density at radius 1 is 1.28 bits per heavy atom. The van der Waals surface area contributed by atoms with Crippen LogP contribution in [0.1, 0.15) is 32.6 Å². The van der Waals surface area contributed by atoms with Gasteiger partial charge in [0.05, 0.1) is 20.2 Å². The predicted molar refractivity (Wildman–Crippen MR) is 69.1 cm³/mol. The minimum atomic E-state index is -0.323. The average Bonchev–Trinajstić information content (AvgIpc) is 2.31. The van der Waals surface area contributed by atoms with E-state index in [2.05, 4.69) is 17.0 Å². The van der Waals surface area contributed by atoms with Gasteiger partial charge in [-0.05, 0) is 25.8 Å². The number of hydrogen-bond donors (Lipinski definition) is 1. The maximum absolute atomic E-state index is 11.8. The molecule has 0 heterocycles. The van der Waals surface area contributed by atoms with Gasteiger partial charge in [0, 0.05) is 6.04 Å². The smallest absolute Gasteiger partial charge is 0.319 e. The molecule has 0 aromatic rings. The van der Waals surface area contributed by atoms with Crippen LogP contribution in [0.5, 0.6) is 0 Å². The first-order valence-corrected chi connectivity index (χ1v) is 6.57. The van der Waals surface area contributed by atoms with Gasteiger partial charge in [-0.15, -0.1) is 0 Å². The van der Waals surface area contributed by atoms with Crippen LogP contribution in [0.4, 0.5) is 0 Å². The third-order valence-electron chi connectivity index (χ3n) is 3.50. The summed E-state index contributed by atoms with van der Waals surface area (Å²) in [5, 5.41) is 3.06. The van der Waals surface area contributed by atoms with Crippen molar-refractivity contribution in [1.29, 1.82) is 0 Å². The highest BCUT2D eigenvalue weighted by Gasteiger charge is 2.23. The molecule has 0 spiro atoms. The van der Waals surface area contributed by atoms with Crippen LogP contribution in [0, 0.1) is 5.92 Å². The highest BCUT2D eigenvalue weighted by Crippen LogP contribution is 2.23. The lowest BCUT2D eigenvalue weighted by Crippen LogP contribution is -2.45. The van der Waals surface area contributed by atoms with Gasteiger partial charge in [0.2, 0.25) is 5.91 Å². The summed E-state index contributed by atoms with van der Waals surface area (Å²) in [5.74, 6) is 0.213. The molecule has 2 atom stereocenters. The Hall–Kier alpha value is -1.10. The van der Waals surface area contributed by atoms with E-state index in [9.17, 15) is 9.59 Å². The van der Waals surface area contributed by atoms with Crippen molar-refractivity contribution in [2.24, 2.45) is 5.92 Å². The third kappa shape index (κ3) is 5.04. The molecule has 1 fully saturated rings. The fourth-order valence-electron chi connectivity index (χ4n) is 2.37. The molecular weight excluding hydrogens is 232 g/mol. The van der Waals surface area contributed by atoms with Crippen molar-refractivity contribution in [2.45, 2.75) is 38.6 Å². The number of nitrogens with one attached hydrogen (secondary N) is 1. The number of ether oxygens (including phenoxy) is 1. The SMILES string of the molecule is COC(=O)CN(C)CC(=O)NC1CCCCC1C. The molecular formula is C13H24N2O3. The monoisotopic (exact) mass is 256 g/mol. The van der Waals surface area contributed by atoms with Crippen molar-refractivity contribution in [3.63, 3.8) is 0 Å². The number of methoxy groups -OCH3 is 1. The first kappa shape index (κ1) is 15.0. The fraction of sp³-hybridized carbons (Fsp3) is 0.846. The lowest BCUT2D eigenvalue weighted by Gasteiger charge is -2.30. The summed E-state index contributed by atoms with van der Waals surface area (Å²) in [6, 6.07) is 0.290. The van der Waals surface area contributed by atoms with Crippen molar-refractivity contribution in [3.05, 3.63) is 0 Å². The van der Waals surface area contributed by atoms with Gasteiger partial charge in [-0.25, -0.2) is 0 Å². The van der Waals surface area contributed by atoms with Crippen molar-refractivity contribution in [3.8, 4) is 0 Å². The maximum Gasteiger partial charge on any atom is 0.319 e. The Morgan fingerprint density at radius 2 is 1.94 bits per heavy atom. The Balaban J connectivity index is 2.29. The zero-order valence-corrected chi connectivity index (χ0v) is 11.6. The maximum atomic E-state index is 11.8. The Bertz CT molecular complexity index is 294. The topological polar surface area (TPSA) is 58.6 Å². The van der Waals surface area contributed by atoms with Crippen molar-refractivity contribution >= 4 is 11.9 Å². The van der Waals surface area contributed by atoms with E-state index >= 15 is 0 Å². The summed E-state index contributed by atoms with van der Waals surface area (Å²) in [6.45, 7) is 2.56. The zero-order chi connectivity index (χ0) is 13.5. The molecule has 1 aliphatic carbocycles. The van der Waals surface area contributed by atoms with Gasteiger partial charge in [-0.1, -0.05) is 19.8 Å². The molecule has 0 aliphatic heterocycles. The molecule has 5 heteroatoms. The van der Waals surface area contributed by atoms with Crippen LogP contribution in [0.2, 0.25) is 0 Å². The van der Waals surface area contributed by atoms with Crippen molar-refractivity contribution in [2.75, 3.05) is 27.2 Å². The van der Waals surface area contributed by atoms with Gasteiger partial charge in [-0.2, -0.15) is 0 Å². The number of rotatable bonds is 5. The van der Waals surface area contributed by atoms with Crippen LogP contribution >= 0.6 is 0 Å². The highest BCUT2D eigenvalue weighted by molar-refractivity contribution is 5.79. The van der Waals surface area contributed by atoms with Crippen molar-refractivity contribution < 1.29 is 14.3 Å². The predicted octanol–water partition coefficient (Wildman–Crippen LogP) is 0.786. The van der Waals surface area contributed by atoms with Gasteiger partial charge in [0.25, 0.3) is 0 Å². The quantitative estimate of drug-likeness (QED) is 0.739. The summed E-state index contributed by atoms with van der Waals surface area (Å²) in [6.07, 6.45) is 4.69. The van der Waals surface area contributed by atoms with Crippen LogP contribution in [0.25, 0.3) is 0 Å². The van der Waals surface area contributed by atoms with Gasteiger partial charge < -0.3 is 10.1 Å². The molecule has 1 amide bonds. The fourth-order valence-corrected chi connectivity index (χ4v) is 2.37. The van der Waals surface area contributed by atoms with E-state index < -0.39 is 0 Å². The average molecular weight is 256 g/mol. The number of amides is 1. The second-order valence-electron chi connectivity index (χ2n) is 5.18. The van der Waals surface area contributed by atoms with Crippen molar-refractivity contribution in [1.82, 2.24) is 10.2 Å². The standard InChI is InChI=1S/C13H24N2O3/c1-10-6-4-5-7-11(10)14-12(16)8-15(2)9-13(17)18-3/h10-11H,4-9H2,1-3H3,(H,14,16). The molecule has 5 nitrogen and oxygen atoms in total. The molecule has 0 aromatic heterocycles. The summed E-state index contributed by atoms with van der Waals surface area (Å²) >= 11 is 0. The lowest BCUT2D eigenvalue weighted by atomic mass is 9.86. The highest BCUT2D eigenvalue weighted by atomic mass is 16.5. The zero-order valence-electron chi connectivity index (χ0n) is 11.6. The molecule has 1 N–H and O–H groups in total. The Morgan fingerprint density at radius 3 is 2.56 bits per heavy atom. The van der Waals surface area contributed by atoms with E-state index in [4.69, 9.17) is 0 Å². The molecule has 1 saturated carbocycles. The molecule has 0 aromatic carbocycles. The number of hydrogen-bond acceptors (Lipinski definition) is 4. The number of nitrogens with zero attached hydrogens (tertiary/aromatic N) is 1.